The summed E-state index contributed by atoms with van der Waals surface area (Å²) in [5, 5.41) is 7.56. The molecule has 3 N–H and O–H groups in total. The summed E-state index contributed by atoms with van der Waals surface area (Å²) in [7, 11) is 1.88. The molecule has 0 bridgehead atoms. The summed E-state index contributed by atoms with van der Waals surface area (Å²) in [5.74, 6) is 1.37. The van der Waals surface area contributed by atoms with Gasteiger partial charge in [-0.05, 0) is 31.6 Å². The fraction of sp³-hybridized carbons (Fsp3) is 0.765. The number of hydrogen-bond acceptors (Lipinski definition) is 4. The number of anilines is 1. The van der Waals surface area contributed by atoms with Crippen LogP contribution in [0.3, 0.4) is 0 Å². The monoisotopic (exact) mass is 320 g/mol. The summed E-state index contributed by atoms with van der Waals surface area (Å²) in [5.41, 5.74) is 7.24. The van der Waals surface area contributed by atoms with E-state index in [9.17, 15) is 4.79 Å². The van der Waals surface area contributed by atoms with E-state index in [0.717, 1.165) is 24.4 Å². The minimum atomic E-state index is -0.480. The van der Waals surface area contributed by atoms with E-state index >= 15 is 0 Å². The van der Waals surface area contributed by atoms with Crippen molar-refractivity contribution in [3.8, 4) is 0 Å². The molecule has 1 saturated carbocycles. The SMILES string of the molecule is Cn1nc(C2CCCCC2)cc1NC(=O)C(N)C1CCOCC1. The van der Waals surface area contributed by atoms with Crippen molar-refractivity contribution >= 4 is 11.7 Å². The van der Waals surface area contributed by atoms with Crippen LogP contribution in [0, 0.1) is 5.92 Å². The Hall–Kier alpha value is -1.40. The van der Waals surface area contributed by atoms with E-state index in [-0.39, 0.29) is 11.8 Å². The molecule has 2 fully saturated rings. The molecule has 0 spiro atoms. The van der Waals surface area contributed by atoms with Crippen LogP contribution in [-0.2, 0) is 16.6 Å². The zero-order chi connectivity index (χ0) is 16.2. The summed E-state index contributed by atoms with van der Waals surface area (Å²) in [6.45, 7) is 1.40. The maximum Gasteiger partial charge on any atom is 0.242 e. The molecule has 1 aromatic rings. The highest BCUT2D eigenvalue weighted by Gasteiger charge is 2.27. The van der Waals surface area contributed by atoms with Gasteiger partial charge in [0.15, 0.2) is 0 Å². The number of carbonyl (C=O) groups excluding carboxylic acids is 1. The third-order valence-corrected chi connectivity index (χ3v) is 5.25. The zero-order valence-electron chi connectivity index (χ0n) is 14.0. The molecule has 0 radical (unpaired) electrons. The predicted octanol–water partition coefficient (Wildman–Crippen LogP) is 2.16. The topological polar surface area (TPSA) is 82.2 Å². The molecule has 1 aliphatic carbocycles. The number of hydrogen-bond donors (Lipinski definition) is 2. The number of amides is 1. The summed E-state index contributed by atoms with van der Waals surface area (Å²) in [4.78, 5) is 12.4. The van der Waals surface area contributed by atoms with Crippen LogP contribution in [0.4, 0.5) is 5.82 Å². The number of nitrogens with one attached hydrogen (secondary N) is 1. The van der Waals surface area contributed by atoms with Crippen molar-refractivity contribution in [2.45, 2.75) is 56.9 Å². The second kappa shape index (κ2) is 7.45. The predicted molar refractivity (Wildman–Crippen MR) is 89.2 cm³/mol. The van der Waals surface area contributed by atoms with E-state index in [2.05, 4.69) is 10.4 Å². The van der Waals surface area contributed by atoms with Crippen LogP contribution in [0.2, 0.25) is 0 Å². The molecular weight excluding hydrogens is 292 g/mol. The highest BCUT2D eigenvalue weighted by molar-refractivity contribution is 5.94. The molecule has 23 heavy (non-hydrogen) atoms. The molecule has 3 rings (SSSR count). The molecule has 1 unspecified atom stereocenters. The maximum absolute atomic E-state index is 12.4. The van der Waals surface area contributed by atoms with Crippen molar-refractivity contribution in [1.29, 1.82) is 0 Å². The summed E-state index contributed by atoms with van der Waals surface area (Å²) in [6.07, 6.45) is 7.99. The molecular formula is C17H28N4O2. The average molecular weight is 320 g/mol. The fourth-order valence-electron chi connectivity index (χ4n) is 3.70. The lowest BCUT2D eigenvalue weighted by atomic mass is 9.87. The van der Waals surface area contributed by atoms with Crippen LogP contribution >= 0.6 is 0 Å². The third kappa shape index (κ3) is 3.93. The fourth-order valence-corrected chi connectivity index (χ4v) is 3.70. The molecule has 1 saturated heterocycles. The molecule has 2 aliphatic rings. The van der Waals surface area contributed by atoms with Gasteiger partial charge in [0.25, 0.3) is 0 Å². The van der Waals surface area contributed by atoms with E-state index in [1.54, 1.807) is 4.68 Å². The number of nitrogens with zero attached hydrogens (tertiary/aromatic N) is 2. The number of rotatable bonds is 4. The average Bonchev–Trinajstić information content (AvgIpc) is 2.96. The first-order valence-corrected chi connectivity index (χ1v) is 8.83. The standard InChI is InChI=1S/C17H28N4O2/c1-21-15(11-14(20-21)12-5-3-2-4-6-12)19-17(22)16(18)13-7-9-23-10-8-13/h11-13,16H,2-10,18H2,1H3,(H,19,22). The molecule has 1 amide bonds. The van der Waals surface area contributed by atoms with Crippen molar-refractivity contribution in [3.05, 3.63) is 11.8 Å². The van der Waals surface area contributed by atoms with E-state index < -0.39 is 6.04 Å². The highest BCUT2D eigenvalue weighted by Crippen LogP contribution is 2.32. The normalized spacial score (nSPS) is 22.0. The number of aromatic nitrogens is 2. The van der Waals surface area contributed by atoms with Gasteiger partial charge in [-0.25, -0.2) is 0 Å². The Morgan fingerprint density at radius 2 is 2.00 bits per heavy atom. The quantitative estimate of drug-likeness (QED) is 0.890. The largest absolute Gasteiger partial charge is 0.381 e. The molecule has 1 aliphatic heterocycles. The lowest BCUT2D eigenvalue weighted by Gasteiger charge is -2.26. The van der Waals surface area contributed by atoms with Gasteiger partial charge >= 0.3 is 0 Å². The Balaban J connectivity index is 1.62. The second-order valence-corrected chi connectivity index (χ2v) is 6.88. The molecule has 2 heterocycles. The Kier molecular flexibility index (Phi) is 5.33. The number of aryl methyl sites for hydroxylation is 1. The minimum Gasteiger partial charge on any atom is -0.381 e. The Morgan fingerprint density at radius 1 is 1.30 bits per heavy atom. The number of nitrogens with two attached hydrogens (primary N) is 1. The molecule has 1 atom stereocenters. The maximum atomic E-state index is 12.4. The van der Waals surface area contributed by atoms with E-state index in [1.807, 2.05) is 13.1 Å². The lowest BCUT2D eigenvalue weighted by molar-refractivity contribution is -0.119. The van der Waals surface area contributed by atoms with Gasteiger partial charge in [-0.2, -0.15) is 5.10 Å². The van der Waals surface area contributed by atoms with Gasteiger partial charge < -0.3 is 15.8 Å². The zero-order valence-corrected chi connectivity index (χ0v) is 14.0. The van der Waals surface area contributed by atoms with E-state index in [1.165, 1.54) is 32.1 Å². The van der Waals surface area contributed by atoms with Crippen LogP contribution in [0.5, 0.6) is 0 Å². The van der Waals surface area contributed by atoms with E-state index in [4.69, 9.17) is 10.5 Å². The van der Waals surface area contributed by atoms with Crippen molar-refractivity contribution in [3.63, 3.8) is 0 Å². The van der Waals surface area contributed by atoms with Gasteiger partial charge in [0.1, 0.15) is 5.82 Å². The van der Waals surface area contributed by atoms with Crippen molar-refractivity contribution in [2.24, 2.45) is 18.7 Å². The summed E-state index contributed by atoms with van der Waals surface area (Å²) in [6, 6.07) is 1.54. The van der Waals surface area contributed by atoms with Gasteiger partial charge in [0, 0.05) is 32.2 Å². The second-order valence-electron chi connectivity index (χ2n) is 6.88. The first-order valence-electron chi connectivity index (χ1n) is 8.83. The van der Waals surface area contributed by atoms with Crippen LogP contribution in [-0.4, -0.2) is 34.9 Å². The Labute approximate surface area is 137 Å². The van der Waals surface area contributed by atoms with Crippen molar-refractivity contribution in [2.75, 3.05) is 18.5 Å². The first kappa shape index (κ1) is 16.5. The van der Waals surface area contributed by atoms with Crippen LogP contribution in [0.25, 0.3) is 0 Å². The summed E-state index contributed by atoms with van der Waals surface area (Å²) < 4.78 is 7.10. The molecule has 128 valence electrons. The molecule has 1 aromatic heterocycles. The smallest absolute Gasteiger partial charge is 0.242 e. The van der Waals surface area contributed by atoms with E-state index in [0.29, 0.717) is 19.1 Å². The van der Waals surface area contributed by atoms with Gasteiger partial charge in [0.2, 0.25) is 5.91 Å². The molecule has 0 aromatic carbocycles. The Morgan fingerprint density at radius 3 is 2.70 bits per heavy atom. The third-order valence-electron chi connectivity index (χ3n) is 5.25. The minimum absolute atomic E-state index is 0.116. The first-order chi connectivity index (χ1) is 11.1. The van der Waals surface area contributed by atoms with Crippen LogP contribution in [0.15, 0.2) is 6.07 Å². The van der Waals surface area contributed by atoms with Crippen molar-refractivity contribution < 1.29 is 9.53 Å². The van der Waals surface area contributed by atoms with Gasteiger partial charge in [-0.1, -0.05) is 19.3 Å². The highest BCUT2D eigenvalue weighted by atomic mass is 16.5. The molecule has 6 heteroatoms. The van der Waals surface area contributed by atoms with Crippen LogP contribution in [0.1, 0.15) is 56.6 Å². The van der Waals surface area contributed by atoms with Gasteiger partial charge in [-0.15, -0.1) is 0 Å². The Bertz CT molecular complexity index is 531. The number of carbonyl (C=O) groups is 1. The molecule has 6 nitrogen and oxygen atoms in total. The van der Waals surface area contributed by atoms with Gasteiger partial charge in [0.05, 0.1) is 11.7 Å². The summed E-state index contributed by atoms with van der Waals surface area (Å²) >= 11 is 0. The van der Waals surface area contributed by atoms with Crippen molar-refractivity contribution in [1.82, 2.24) is 9.78 Å². The number of ether oxygens (including phenoxy) is 1. The van der Waals surface area contributed by atoms with Gasteiger partial charge in [-0.3, -0.25) is 9.48 Å². The lowest BCUT2D eigenvalue weighted by Crippen LogP contribution is -2.44. The van der Waals surface area contributed by atoms with Crippen LogP contribution < -0.4 is 11.1 Å².